The number of aromatic nitrogens is 2. The molecule has 0 aliphatic heterocycles. The minimum absolute atomic E-state index is 0.318. The van der Waals surface area contributed by atoms with E-state index in [1.165, 1.54) is 0 Å². The van der Waals surface area contributed by atoms with Crippen LogP contribution in [0.1, 0.15) is 37.9 Å². The van der Waals surface area contributed by atoms with E-state index < -0.39 is 0 Å². The predicted octanol–water partition coefficient (Wildman–Crippen LogP) is 1.94. The van der Waals surface area contributed by atoms with Crippen molar-refractivity contribution in [3.8, 4) is 0 Å². The number of ether oxygens (including phenoxy) is 1. The fourth-order valence-electron chi connectivity index (χ4n) is 1.61. The molecule has 0 aromatic carbocycles. The molecule has 0 radical (unpaired) electrons. The van der Waals surface area contributed by atoms with Crippen LogP contribution < -0.4 is 5.32 Å². The van der Waals surface area contributed by atoms with E-state index in [2.05, 4.69) is 22.2 Å². The van der Waals surface area contributed by atoms with Gasteiger partial charge in [-0.25, -0.2) is 9.97 Å². The van der Waals surface area contributed by atoms with Crippen molar-refractivity contribution in [2.75, 3.05) is 20.3 Å². The highest BCUT2D eigenvalue weighted by Crippen LogP contribution is 2.15. The lowest BCUT2D eigenvalue weighted by Crippen LogP contribution is -2.23. The maximum atomic E-state index is 5.07. The van der Waals surface area contributed by atoms with Gasteiger partial charge in [0, 0.05) is 26.0 Å². The van der Waals surface area contributed by atoms with Crippen LogP contribution in [0.25, 0.3) is 0 Å². The first-order valence-corrected chi connectivity index (χ1v) is 5.86. The molecule has 0 saturated heterocycles. The van der Waals surface area contributed by atoms with Crippen LogP contribution in [0, 0.1) is 0 Å². The SMILES string of the molecule is CCCNC(CCCOC)c1ccncn1. The lowest BCUT2D eigenvalue weighted by atomic mass is 10.1. The number of rotatable bonds is 8. The van der Waals surface area contributed by atoms with Gasteiger partial charge < -0.3 is 10.1 Å². The molecular formula is C12H21N3O. The summed E-state index contributed by atoms with van der Waals surface area (Å²) >= 11 is 0. The van der Waals surface area contributed by atoms with Gasteiger partial charge in [-0.2, -0.15) is 0 Å². The zero-order valence-corrected chi connectivity index (χ0v) is 10.1. The van der Waals surface area contributed by atoms with Gasteiger partial charge in [0.1, 0.15) is 6.33 Å². The zero-order valence-electron chi connectivity index (χ0n) is 10.1. The van der Waals surface area contributed by atoms with Gasteiger partial charge in [-0.1, -0.05) is 6.92 Å². The Morgan fingerprint density at radius 3 is 3.00 bits per heavy atom. The van der Waals surface area contributed by atoms with Gasteiger partial charge in [0.05, 0.1) is 5.69 Å². The first-order chi connectivity index (χ1) is 7.88. The number of hydrogen-bond donors (Lipinski definition) is 1. The topological polar surface area (TPSA) is 47.0 Å². The fraction of sp³-hybridized carbons (Fsp3) is 0.667. The first kappa shape index (κ1) is 13.1. The average Bonchev–Trinajstić information content (AvgIpc) is 2.35. The molecule has 90 valence electrons. The molecule has 0 bridgehead atoms. The molecular weight excluding hydrogens is 202 g/mol. The van der Waals surface area contributed by atoms with Gasteiger partial charge in [-0.05, 0) is 31.9 Å². The Morgan fingerprint density at radius 2 is 2.38 bits per heavy atom. The van der Waals surface area contributed by atoms with Gasteiger partial charge in [-0.3, -0.25) is 0 Å². The number of nitrogens with one attached hydrogen (secondary N) is 1. The predicted molar refractivity (Wildman–Crippen MR) is 64.2 cm³/mol. The van der Waals surface area contributed by atoms with E-state index in [1.807, 2.05) is 6.07 Å². The molecule has 0 aliphatic rings. The molecule has 0 spiro atoms. The highest BCUT2D eigenvalue weighted by molar-refractivity contribution is 5.04. The van der Waals surface area contributed by atoms with Crippen LogP contribution in [0.4, 0.5) is 0 Å². The standard InChI is InChI=1S/C12H21N3O/c1-3-7-14-11(5-4-9-16-2)12-6-8-13-10-15-12/h6,8,10-11,14H,3-5,7,9H2,1-2H3. The molecule has 1 heterocycles. The van der Waals surface area contributed by atoms with Crippen LogP contribution in [-0.2, 0) is 4.74 Å². The second-order valence-electron chi connectivity index (χ2n) is 3.78. The highest BCUT2D eigenvalue weighted by atomic mass is 16.5. The number of hydrogen-bond acceptors (Lipinski definition) is 4. The minimum Gasteiger partial charge on any atom is -0.385 e. The molecule has 0 amide bonds. The summed E-state index contributed by atoms with van der Waals surface area (Å²) in [4.78, 5) is 8.24. The maximum Gasteiger partial charge on any atom is 0.115 e. The smallest absolute Gasteiger partial charge is 0.115 e. The molecule has 0 aliphatic carbocycles. The Hall–Kier alpha value is -1.00. The van der Waals surface area contributed by atoms with Gasteiger partial charge in [0.15, 0.2) is 0 Å². The Kier molecular flexibility index (Phi) is 6.69. The van der Waals surface area contributed by atoms with Crippen LogP contribution in [0.3, 0.4) is 0 Å². The first-order valence-electron chi connectivity index (χ1n) is 5.86. The van der Waals surface area contributed by atoms with Crippen molar-refractivity contribution in [2.45, 2.75) is 32.2 Å². The zero-order chi connectivity index (χ0) is 11.6. The Balaban J connectivity index is 2.49. The van der Waals surface area contributed by atoms with Crippen LogP contribution in [0.15, 0.2) is 18.6 Å². The molecule has 4 nitrogen and oxygen atoms in total. The summed E-state index contributed by atoms with van der Waals surface area (Å²) in [6.45, 7) is 3.98. The van der Waals surface area contributed by atoms with E-state index >= 15 is 0 Å². The maximum absolute atomic E-state index is 5.07. The van der Waals surface area contributed by atoms with E-state index in [1.54, 1.807) is 19.6 Å². The number of methoxy groups -OCH3 is 1. The van der Waals surface area contributed by atoms with Crippen LogP contribution in [0.5, 0.6) is 0 Å². The van der Waals surface area contributed by atoms with Crippen molar-refractivity contribution >= 4 is 0 Å². The van der Waals surface area contributed by atoms with Gasteiger partial charge in [-0.15, -0.1) is 0 Å². The Morgan fingerprint density at radius 1 is 1.50 bits per heavy atom. The third-order valence-corrected chi connectivity index (χ3v) is 2.44. The van der Waals surface area contributed by atoms with Crippen molar-refractivity contribution < 1.29 is 4.74 Å². The third-order valence-electron chi connectivity index (χ3n) is 2.44. The lowest BCUT2D eigenvalue weighted by Gasteiger charge is -2.17. The Labute approximate surface area is 97.5 Å². The molecule has 16 heavy (non-hydrogen) atoms. The van der Waals surface area contributed by atoms with Crippen molar-refractivity contribution in [3.63, 3.8) is 0 Å². The minimum atomic E-state index is 0.318. The molecule has 1 aromatic rings. The van der Waals surface area contributed by atoms with Gasteiger partial charge in [0.2, 0.25) is 0 Å². The normalized spacial score (nSPS) is 12.6. The quantitative estimate of drug-likeness (QED) is 0.684. The summed E-state index contributed by atoms with van der Waals surface area (Å²) in [5, 5.41) is 3.50. The largest absolute Gasteiger partial charge is 0.385 e. The molecule has 0 saturated carbocycles. The highest BCUT2D eigenvalue weighted by Gasteiger charge is 2.10. The Bertz CT molecular complexity index is 266. The third kappa shape index (κ3) is 4.68. The van der Waals surface area contributed by atoms with Crippen molar-refractivity contribution in [3.05, 3.63) is 24.3 Å². The van der Waals surface area contributed by atoms with Crippen molar-refractivity contribution in [1.29, 1.82) is 0 Å². The second-order valence-corrected chi connectivity index (χ2v) is 3.78. The molecule has 4 heteroatoms. The summed E-state index contributed by atoms with van der Waals surface area (Å²) in [5.74, 6) is 0. The monoisotopic (exact) mass is 223 g/mol. The summed E-state index contributed by atoms with van der Waals surface area (Å²) in [7, 11) is 1.74. The summed E-state index contributed by atoms with van der Waals surface area (Å²) in [6.07, 6.45) is 6.62. The van der Waals surface area contributed by atoms with E-state index in [9.17, 15) is 0 Å². The van der Waals surface area contributed by atoms with E-state index in [0.717, 1.165) is 38.1 Å². The van der Waals surface area contributed by atoms with Crippen LogP contribution in [-0.4, -0.2) is 30.2 Å². The average molecular weight is 223 g/mol. The van der Waals surface area contributed by atoms with E-state index in [-0.39, 0.29) is 0 Å². The van der Waals surface area contributed by atoms with Crippen LogP contribution in [0.2, 0.25) is 0 Å². The molecule has 1 aromatic heterocycles. The van der Waals surface area contributed by atoms with Crippen molar-refractivity contribution in [2.24, 2.45) is 0 Å². The molecule has 1 rings (SSSR count). The number of nitrogens with zero attached hydrogens (tertiary/aromatic N) is 2. The van der Waals surface area contributed by atoms with Crippen molar-refractivity contribution in [1.82, 2.24) is 15.3 Å². The van der Waals surface area contributed by atoms with Crippen LogP contribution >= 0.6 is 0 Å². The fourth-order valence-corrected chi connectivity index (χ4v) is 1.61. The molecule has 1 N–H and O–H groups in total. The summed E-state index contributed by atoms with van der Waals surface area (Å²) in [6, 6.07) is 2.29. The molecule has 1 atom stereocenters. The molecule has 0 fully saturated rings. The summed E-state index contributed by atoms with van der Waals surface area (Å²) in [5.41, 5.74) is 1.07. The van der Waals surface area contributed by atoms with Gasteiger partial charge in [0.25, 0.3) is 0 Å². The van der Waals surface area contributed by atoms with E-state index in [0.29, 0.717) is 6.04 Å². The second kappa shape index (κ2) is 8.19. The lowest BCUT2D eigenvalue weighted by molar-refractivity contribution is 0.188. The summed E-state index contributed by atoms with van der Waals surface area (Å²) < 4.78 is 5.07. The van der Waals surface area contributed by atoms with E-state index in [4.69, 9.17) is 4.74 Å². The van der Waals surface area contributed by atoms with Gasteiger partial charge >= 0.3 is 0 Å². The molecule has 1 unspecified atom stereocenters.